The summed E-state index contributed by atoms with van der Waals surface area (Å²) < 4.78 is 5.34. The lowest BCUT2D eigenvalue weighted by molar-refractivity contribution is -0.156. The van der Waals surface area contributed by atoms with Crippen molar-refractivity contribution in [2.75, 3.05) is 6.61 Å². The standard InChI is InChI=1S/C18H23NO2/c1-3-21-18(20)17-15-9-11-16(12-10-15)19(17)13(2)14-7-5-4-6-8-14/h4-9,11,13,15-17H,3,10,12H2,1-2H3/t13-,15?,16?,17+/m1/s1. The molecule has 1 aliphatic carbocycles. The van der Waals surface area contributed by atoms with Gasteiger partial charge in [-0.25, -0.2) is 0 Å². The summed E-state index contributed by atoms with van der Waals surface area (Å²) in [5.74, 6) is 0.222. The summed E-state index contributed by atoms with van der Waals surface area (Å²) in [6, 6.07) is 10.9. The van der Waals surface area contributed by atoms with Crippen LogP contribution in [0.4, 0.5) is 0 Å². The molecule has 2 bridgehead atoms. The Bertz CT molecular complexity index is 525. The topological polar surface area (TPSA) is 29.5 Å². The zero-order valence-corrected chi connectivity index (χ0v) is 12.7. The van der Waals surface area contributed by atoms with Gasteiger partial charge in [0.05, 0.1) is 6.61 Å². The maximum absolute atomic E-state index is 12.4. The van der Waals surface area contributed by atoms with Crippen LogP contribution in [0, 0.1) is 5.92 Å². The molecular weight excluding hydrogens is 262 g/mol. The molecule has 3 aliphatic rings. The number of carbonyl (C=O) groups excluding carboxylic acids is 1. The number of piperidine rings is 1. The number of ether oxygens (including phenoxy) is 1. The minimum atomic E-state index is -0.135. The van der Waals surface area contributed by atoms with E-state index >= 15 is 0 Å². The highest BCUT2D eigenvalue weighted by atomic mass is 16.5. The van der Waals surface area contributed by atoms with Crippen LogP contribution in [0.3, 0.4) is 0 Å². The molecule has 2 heterocycles. The number of hydrogen-bond acceptors (Lipinski definition) is 3. The third kappa shape index (κ3) is 2.62. The van der Waals surface area contributed by atoms with Crippen LogP contribution in [-0.4, -0.2) is 29.6 Å². The largest absolute Gasteiger partial charge is 0.465 e. The molecule has 112 valence electrons. The van der Waals surface area contributed by atoms with Gasteiger partial charge in [0.25, 0.3) is 0 Å². The average Bonchev–Trinajstić information content (AvgIpc) is 2.55. The fraction of sp³-hybridized carbons (Fsp3) is 0.500. The summed E-state index contributed by atoms with van der Waals surface area (Å²) in [5.41, 5.74) is 1.26. The fourth-order valence-electron chi connectivity index (χ4n) is 3.72. The molecule has 0 N–H and O–H groups in total. The molecule has 3 heteroatoms. The lowest BCUT2D eigenvalue weighted by atomic mass is 9.78. The lowest BCUT2D eigenvalue weighted by Gasteiger charge is -2.49. The number of benzene rings is 1. The van der Waals surface area contributed by atoms with Crippen molar-refractivity contribution in [3.05, 3.63) is 48.0 Å². The molecule has 0 saturated carbocycles. The van der Waals surface area contributed by atoms with Crippen molar-refractivity contribution >= 4 is 5.97 Å². The van der Waals surface area contributed by atoms with Gasteiger partial charge in [0, 0.05) is 18.0 Å². The number of fused-ring (bicyclic) bond motifs is 2. The molecule has 1 aromatic carbocycles. The summed E-state index contributed by atoms with van der Waals surface area (Å²) in [5, 5.41) is 0. The summed E-state index contributed by atoms with van der Waals surface area (Å²) in [6.07, 6.45) is 6.70. The van der Waals surface area contributed by atoms with Crippen LogP contribution in [0.15, 0.2) is 42.5 Å². The van der Waals surface area contributed by atoms with Gasteiger partial charge in [0.2, 0.25) is 0 Å². The van der Waals surface area contributed by atoms with Gasteiger partial charge in [-0.2, -0.15) is 0 Å². The van der Waals surface area contributed by atoms with Gasteiger partial charge in [-0.15, -0.1) is 0 Å². The molecule has 0 radical (unpaired) electrons. The van der Waals surface area contributed by atoms with Crippen LogP contribution in [-0.2, 0) is 9.53 Å². The Morgan fingerprint density at radius 3 is 2.67 bits per heavy atom. The molecule has 0 aromatic heterocycles. The highest BCUT2D eigenvalue weighted by Gasteiger charge is 2.45. The molecular formula is C18H23NO2. The van der Waals surface area contributed by atoms with Gasteiger partial charge in [0.15, 0.2) is 0 Å². The first-order valence-electron chi connectivity index (χ1n) is 7.89. The van der Waals surface area contributed by atoms with Crippen molar-refractivity contribution in [2.24, 2.45) is 5.92 Å². The highest BCUT2D eigenvalue weighted by molar-refractivity contribution is 5.77. The van der Waals surface area contributed by atoms with Gasteiger partial charge in [0.1, 0.15) is 6.04 Å². The van der Waals surface area contributed by atoms with Crippen LogP contribution in [0.2, 0.25) is 0 Å². The Morgan fingerprint density at radius 1 is 1.29 bits per heavy atom. The van der Waals surface area contributed by atoms with Gasteiger partial charge in [-0.3, -0.25) is 9.69 Å². The van der Waals surface area contributed by atoms with E-state index in [0.29, 0.717) is 18.6 Å². The highest BCUT2D eigenvalue weighted by Crippen LogP contribution is 2.40. The van der Waals surface area contributed by atoms with Crippen LogP contribution < -0.4 is 0 Å². The Morgan fingerprint density at radius 2 is 2.05 bits per heavy atom. The Labute approximate surface area is 126 Å². The molecule has 2 aliphatic heterocycles. The van der Waals surface area contributed by atoms with E-state index in [-0.39, 0.29) is 18.1 Å². The van der Waals surface area contributed by atoms with E-state index in [9.17, 15) is 4.79 Å². The molecule has 0 spiro atoms. The SMILES string of the molecule is CCOC(=O)[C@@H]1C2C=CC(CC2)N1[C@H](C)c1ccccc1. The second kappa shape index (κ2) is 6.02. The number of rotatable bonds is 4. The first-order chi connectivity index (χ1) is 10.2. The van der Waals surface area contributed by atoms with E-state index in [1.54, 1.807) is 0 Å². The van der Waals surface area contributed by atoms with E-state index in [2.05, 4.69) is 48.2 Å². The molecule has 4 atom stereocenters. The molecule has 2 unspecified atom stereocenters. The number of hydrogen-bond donors (Lipinski definition) is 0. The molecule has 4 rings (SSSR count). The van der Waals surface area contributed by atoms with Crippen molar-refractivity contribution < 1.29 is 9.53 Å². The Kier molecular flexibility index (Phi) is 4.11. The normalized spacial score (nSPS) is 29.3. The summed E-state index contributed by atoms with van der Waals surface area (Å²) >= 11 is 0. The number of esters is 1. The van der Waals surface area contributed by atoms with Crippen molar-refractivity contribution in [2.45, 2.75) is 44.8 Å². The van der Waals surface area contributed by atoms with E-state index in [0.717, 1.165) is 12.8 Å². The molecule has 1 fully saturated rings. The van der Waals surface area contributed by atoms with Gasteiger partial charge < -0.3 is 4.74 Å². The first-order valence-corrected chi connectivity index (χ1v) is 7.89. The van der Waals surface area contributed by atoms with Crippen LogP contribution >= 0.6 is 0 Å². The third-order valence-electron chi connectivity index (χ3n) is 4.74. The minimum Gasteiger partial charge on any atom is -0.465 e. The summed E-state index contributed by atoms with van der Waals surface area (Å²) in [4.78, 5) is 14.8. The zero-order chi connectivity index (χ0) is 14.8. The molecule has 3 nitrogen and oxygen atoms in total. The monoisotopic (exact) mass is 285 g/mol. The second-order valence-corrected chi connectivity index (χ2v) is 5.92. The average molecular weight is 285 g/mol. The van der Waals surface area contributed by atoms with Gasteiger partial charge in [-0.05, 0) is 32.3 Å². The Hall–Kier alpha value is -1.61. The van der Waals surface area contributed by atoms with E-state index < -0.39 is 0 Å². The molecule has 1 aromatic rings. The number of nitrogens with zero attached hydrogens (tertiary/aromatic N) is 1. The van der Waals surface area contributed by atoms with E-state index in [1.165, 1.54) is 5.56 Å². The number of carbonyl (C=O) groups is 1. The second-order valence-electron chi connectivity index (χ2n) is 5.92. The molecule has 1 saturated heterocycles. The smallest absolute Gasteiger partial charge is 0.323 e. The van der Waals surface area contributed by atoms with Crippen molar-refractivity contribution in [1.82, 2.24) is 4.90 Å². The van der Waals surface area contributed by atoms with Crippen LogP contribution in [0.25, 0.3) is 0 Å². The molecule has 0 amide bonds. The fourth-order valence-corrected chi connectivity index (χ4v) is 3.72. The van der Waals surface area contributed by atoms with Crippen LogP contribution in [0.5, 0.6) is 0 Å². The maximum Gasteiger partial charge on any atom is 0.323 e. The lowest BCUT2D eigenvalue weighted by Crippen LogP contribution is -2.57. The zero-order valence-electron chi connectivity index (χ0n) is 12.7. The van der Waals surface area contributed by atoms with Gasteiger partial charge >= 0.3 is 5.97 Å². The maximum atomic E-state index is 12.4. The van der Waals surface area contributed by atoms with Gasteiger partial charge in [-0.1, -0.05) is 42.5 Å². The van der Waals surface area contributed by atoms with Crippen LogP contribution in [0.1, 0.15) is 38.3 Å². The summed E-state index contributed by atoms with van der Waals surface area (Å²) in [6.45, 7) is 4.51. The predicted octanol–water partition coefficient (Wildman–Crippen LogP) is 3.33. The van der Waals surface area contributed by atoms with Crippen molar-refractivity contribution in [1.29, 1.82) is 0 Å². The Balaban J connectivity index is 1.90. The van der Waals surface area contributed by atoms with Crippen molar-refractivity contribution in [3.8, 4) is 0 Å². The quantitative estimate of drug-likeness (QED) is 0.628. The first kappa shape index (κ1) is 14.3. The van der Waals surface area contributed by atoms with E-state index in [1.807, 2.05) is 13.0 Å². The third-order valence-corrected chi connectivity index (χ3v) is 4.74. The predicted molar refractivity (Wildman–Crippen MR) is 82.8 cm³/mol. The minimum absolute atomic E-state index is 0.0701. The van der Waals surface area contributed by atoms with Crippen molar-refractivity contribution in [3.63, 3.8) is 0 Å². The van der Waals surface area contributed by atoms with E-state index in [4.69, 9.17) is 4.74 Å². The molecule has 21 heavy (non-hydrogen) atoms. The summed E-state index contributed by atoms with van der Waals surface area (Å²) in [7, 11) is 0.